The van der Waals surface area contributed by atoms with Gasteiger partial charge in [-0.1, -0.05) is 12.1 Å². The Morgan fingerprint density at radius 3 is 2.72 bits per heavy atom. The molecule has 0 bridgehead atoms. The molecule has 0 aliphatic rings. The predicted molar refractivity (Wildman–Crippen MR) is 73.9 cm³/mol. The summed E-state index contributed by atoms with van der Waals surface area (Å²) in [5, 5.41) is 0. The Kier molecular flexibility index (Phi) is 7.30. The van der Waals surface area contributed by atoms with E-state index in [1.807, 2.05) is 24.3 Å². The molecule has 3 nitrogen and oxygen atoms in total. The molecule has 0 saturated heterocycles. The fraction of sp³-hybridized carbons (Fsp3) is 0.429. The van der Waals surface area contributed by atoms with Crippen molar-refractivity contribution in [3.8, 4) is 11.5 Å². The van der Waals surface area contributed by atoms with Crippen molar-refractivity contribution >= 4 is 11.6 Å². The maximum absolute atomic E-state index is 5.59. The number of benzene rings is 1. The first-order valence-electron chi connectivity index (χ1n) is 5.86. The topological polar surface area (TPSA) is 27.7 Å². The molecule has 100 valence electrons. The second kappa shape index (κ2) is 8.84. The minimum absolute atomic E-state index is 0.480. The number of halogens is 1. The van der Waals surface area contributed by atoms with Crippen molar-refractivity contribution < 1.29 is 14.2 Å². The lowest BCUT2D eigenvalue weighted by atomic mass is 10.1. The molecular weight excluding hydrogens is 252 g/mol. The number of rotatable bonds is 9. The van der Waals surface area contributed by atoms with E-state index in [1.165, 1.54) is 0 Å². The van der Waals surface area contributed by atoms with Crippen molar-refractivity contribution in [2.24, 2.45) is 0 Å². The van der Waals surface area contributed by atoms with E-state index < -0.39 is 0 Å². The molecule has 18 heavy (non-hydrogen) atoms. The van der Waals surface area contributed by atoms with E-state index in [4.69, 9.17) is 25.8 Å². The van der Waals surface area contributed by atoms with E-state index in [-0.39, 0.29) is 0 Å². The van der Waals surface area contributed by atoms with E-state index in [2.05, 4.69) is 6.58 Å². The van der Waals surface area contributed by atoms with Crippen LogP contribution in [0.4, 0.5) is 0 Å². The maximum atomic E-state index is 5.59. The van der Waals surface area contributed by atoms with Crippen LogP contribution in [-0.4, -0.2) is 32.8 Å². The highest BCUT2D eigenvalue weighted by molar-refractivity contribution is 6.17. The molecule has 0 spiro atoms. The molecular formula is C14H19ClO3. The monoisotopic (exact) mass is 270 g/mol. The molecule has 0 radical (unpaired) electrons. The number of hydrogen-bond acceptors (Lipinski definition) is 3. The first-order valence-corrected chi connectivity index (χ1v) is 6.39. The summed E-state index contributed by atoms with van der Waals surface area (Å²) in [5.41, 5.74) is 1.15. The van der Waals surface area contributed by atoms with E-state index in [0.717, 1.165) is 23.5 Å². The Balaban J connectivity index is 2.51. The third-order valence-electron chi connectivity index (χ3n) is 2.31. The average Bonchev–Trinajstić information content (AvgIpc) is 2.40. The Morgan fingerprint density at radius 2 is 2.06 bits per heavy atom. The van der Waals surface area contributed by atoms with Crippen molar-refractivity contribution in [3.63, 3.8) is 0 Å². The minimum Gasteiger partial charge on any atom is -0.493 e. The summed E-state index contributed by atoms with van der Waals surface area (Å²) < 4.78 is 16.1. The van der Waals surface area contributed by atoms with Gasteiger partial charge in [0.1, 0.15) is 6.61 Å². The molecule has 0 saturated carbocycles. The van der Waals surface area contributed by atoms with E-state index in [1.54, 1.807) is 7.11 Å². The molecule has 1 rings (SSSR count). The summed E-state index contributed by atoms with van der Waals surface area (Å²) in [6, 6.07) is 5.86. The number of allylic oxidation sites excluding steroid dienone is 1. The fourth-order valence-electron chi connectivity index (χ4n) is 1.49. The van der Waals surface area contributed by atoms with Gasteiger partial charge in [-0.05, 0) is 24.1 Å². The lowest BCUT2D eigenvalue weighted by Crippen LogP contribution is -2.08. The van der Waals surface area contributed by atoms with E-state index >= 15 is 0 Å². The lowest BCUT2D eigenvalue weighted by molar-refractivity contribution is 0.110. The van der Waals surface area contributed by atoms with Crippen molar-refractivity contribution in [2.75, 3.05) is 32.8 Å². The number of methoxy groups -OCH3 is 1. The molecule has 1 aromatic carbocycles. The zero-order valence-electron chi connectivity index (χ0n) is 10.7. The largest absolute Gasteiger partial charge is 0.493 e. The molecule has 1 aromatic rings. The molecule has 0 amide bonds. The van der Waals surface area contributed by atoms with Crippen LogP contribution in [0.1, 0.15) is 5.56 Å². The first kappa shape index (κ1) is 14.9. The molecule has 4 heteroatoms. The van der Waals surface area contributed by atoms with Gasteiger partial charge in [0.2, 0.25) is 0 Å². The molecule has 0 fully saturated rings. The molecule has 0 aliphatic carbocycles. The number of alkyl halides is 1. The van der Waals surface area contributed by atoms with Gasteiger partial charge in [-0.3, -0.25) is 0 Å². The number of hydrogen-bond donors (Lipinski definition) is 0. The van der Waals surface area contributed by atoms with Crippen LogP contribution in [0.15, 0.2) is 30.9 Å². The second-order valence-electron chi connectivity index (χ2n) is 3.63. The highest BCUT2D eigenvalue weighted by Gasteiger charge is 2.05. The third-order valence-corrected chi connectivity index (χ3v) is 2.47. The highest BCUT2D eigenvalue weighted by atomic mass is 35.5. The predicted octanol–water partition coefficient (Wildman–Crippen LogP) is 3.06. The van der Waals surface area contributed by atoms with Crippen molar-refractivity contribution in [3.05, 3.63) is 36.4 Å². The lowest BCUT2D eigenvalue weighted by Gasteiger charge is -2.11. The van der Waals surface area contributed by atoms with Gasteiger partial charge in [0, 0.05) is 5.88 Å². The van der Waals surface area contributed by atoms with Crippen molar-refractivity contribution in [1.82, 2.24) is 0 Å². The van der Waals surface area contributed by atoms with Crippen LogP contribution in [0.2, 0.25) is 0 Å². The van der Waals surface area contributed by atoms with Crippen LogP contribution in [0.3, 0.4) is 0 Å². The third kappa shape index (κ3) is 4.98. The van der Waals surface area contributed by atoms with Gasteiger partial charge in [-0.15, -0.1) is 18.2 Å². The maximum Gasteiger partial charge on any atom is 0.161 e. The standard InChI is InChI=1S/C14H19ClO3/c1-3-4-12-5-6-13(14(11-12)16-2)18-10-9-17-8-7-15/h3,5-6,11H,1,4,7-10H2,2H3. The second-order valence-corrected chi connectivity index (χ2v) is 4.01. The summed E-state index contributed by atoms with van der Waals surface area (Å²) in [4.78, 5) is 0. The summed E-state index contributed by atoms with van der Waals surface area (Å²) >= 11 is 5.50. The van der Waals surface area contributed by atoms with Gasteiger partial charge in [0.05, 0.1) is 20.3 Å². The zero-order chi connectivity index (χ0) is 13.2. The van der Waals surface area contributed by atoms with Crippen LogP contribution >= 0.6 is 11.6 Å². The summed E-state index contributed by atoms with van der Waals surface area (Å²) in [7, 11) is 1.63. The van der Waals surface area contributed by atoms with Gasteiger partial charge in [0.15, 0.2) is 11.5 Å². The fourth-order valence-corrected chi connectivity index (χ4v) is 1.60. The molecule has 0 N–H and O–H groups in total. The summed E-state index contributed by atoms with van der Waals surface area (Å²) in [6.07, 6.45) is 2.67. The molecule has 0 atom stereocenters. The molecule has 0 aromatic heterocycles. The Labute approximate surface area is 113 Å². The SMILES string of the molecule is C=CCc1ccc(OCCOCCCl)c(OC)c1. The van der Waals surface area contributed by atoms with Gasteiger partial charge in [-0.25, -0.2) is 0 Å². The molecule has 0 unspecified atom stereocenters. The van der Waals surface area contributed by atoms with Crippen molar-refractivity contribution in [2.45, 2.75) is 6.42 Å². The number of ether oxygens (including phenoxy) is 3. The Hall–Kier alpha value is -1.19. The van der Waals surface area contributed by atoms with Crippen molar-refractivity contribution in [1.29, 1.82) is 0 Å². The molecule has 0 aliphatic heterocycles. The van der Waals surface area contributed by atoms with Crippen LogP contribution in [0, 0.1) is 0 Å². The normalized spacial score (nSPS) is 10.1. The van der Waals surface area contributed by atoms with Crippen LogP contribution in [0.5, 0.6) is 11.5 Å². The van der Waals surface area contributed by atoms with Gasteiger partial charge in [0.25, 0.3) is 0 Å². The quantitative estimate of drug-likeness (QED) is 0.392. The smallest absolute Gasteiger partial charge is 0.161 e. The van der Waals surface area contributed by atoms with Crippen LogP contribution < -0.4 is 9.47 Å². The molecule has 0 heterocycles. The van der Waals surface area contributed by atoms with Crippen LogP contribution in [0.25, 0.3) is 0 Å². The summed E-state index contributed by atoms with van der Waals surface area (Å²) in [5.74, 6) is 1.95. The first-order chi connectivity index (χ1) is 8.81. The van der Waals surface area contributed by atoms with Gasteiger partial charge < -0.3 is 14.2 Å². The zero-order valence-corrected chi connectivity index (χ0v) is 11.4. The van der Waals surface area contributed by atoms with Crippen LogP contribution in [-0.2, 0) is 11.2 Å². The Morgan fingerprint density at radius 1 is 1.22 bits per heavy atom. The Bertz CT molecular complexity index is 366. The van der Waals surface area contributed by atoms with Gasteiger partial charge in [-0.2, -0.15) is 0 Å². The van der Waals surface area contributed by atoms with Gasteiger partial charge >= 0.3 is 0 Å². The summed E-state index contributed by atoms with van der Waals surface area (Å²) in [6.45, 7) is 5.25. The van der Waals surface area contributed by atoms with E-state index in [9.17, 15) is 0 Å². The highest BCUT2D eigenvalue weighted by Crippen LogP contribution is 2.28. The average molecular weight is 271 g/mol. The van der Waals surface area contributed by atoms with E-state index in [0.29, 0.717) is 25.7 Å². The minimum atomic E-state index is 0.480.